The van der Waals surface area contributed by atoms with E-state index in [-0.39, 0.29) is 0 Å². The first-order valence-electron chi connectivity index (χ1n) is 2.28. The van der Waals surface area contributed by atoms with Crippen LogP contribution in [0, 0.1) is 0 Å². The molecule has 0 spiro atoms. The lowest BCUT2D eigenvalue weighted by Gasteiger charge is -2.17. The number of carbonyl (C=O) groups excluding carboxylic acids is 1. The predicted octanol–water partition coefficient (Wildman–Crippen LogP) is -0.650. The highest BCUT2D eigenvalue weighted by Crippen LogP contribution is 1.86. The Kier molecular flexibility index (Phi) is 1.81. The van der Waals surface area contributed by atoms with Crippen LogP contribution in [0.4, 0.5) is 4.79 Å². The maximum absolute atomic E-state index is 10.0. The fourth-order valence-corrected chi connectivity index (χ4v) is 0.318. The lowest BCUT2D eigenvalue weighted by atomic mass is 10.3. The number of primary amides is 1. The number of nitrogens with two attached hydrogens (primary N) is 2. The van der Waals surface area contributed by atoms with Crippen molar-refractivity contribution >= 4 is 6.03 Å². The first-order chi connectivity index (χ1) is 3.42. The molecular formula is C4H11N3O. The Balaban J connectivity index is 3.55. The van der Waals surface area contributed by atoms with Crippen molar-refractivity contribution in [3.8, 4) is 0 Å². The van der Waals surface area contributed by atoms with E-state index in [1.54, 1.807) is 13.8 Å². The highest BCUT2D eigenvalue weighted by Gasteiger charge is 2.09. The topological polar surface area (TPSA) is 81.1 Å². The summed E-state index contributed by atoms with van der Waals surface area (Å²) in [6, 6.07) is -0.600. The Bertz CT molecular complexity index is 93.9. The molecule has 0 bridgehead atoms. The Hall–Kier alpha value is -0.770. The highest BCUT2D eigenvalue weighted by atomic mass is 16.2. The zero-order chi connectivity index (χ0) is 6.78. The van der Waals surface area contributed by atoms with Gasteiger partial charge in [0.15, 0.2) is 0 Å². The SMILES string of the molecule is CC(C)(N)NC(N)=O. The largest absolute Gasteiger partial charge is 0.352 e. The molecule has 0 aliphatic rings. The Labute approximate surface area is 48.2 Å². The third kappa shape index (κ3) is 5.23. The minimum Gasteiger partial charge on any atom is -0.352 e. The van der Waals surface area contributed by atoms with E-state index in [1.165, 1.54) is 0 Å². The minimum absolute atomic E-state index is 0.600. The number of hydrogen-bond donors (Lipinski definition) is 3. The van der Waals surface area contributed by atoms with E-state index in [9.17, 15) is 4.79 Å². The molecule has 5 N–H and O–H groups in total. The van der Waals surface area contributed by atoms with Gasteiger partial charge in [0.2, 0.25) is 0 Å². The lowest BCUT2D eigenvalue weighted by molar-refractivity contribution is 0.239. The summed E-state index contributed by atoms with van der Waals surface area (Å²) in [7, 11) is 0. The van der Waals surface area contributed by atoms with Crippen LogP contribution in [-0.2, 0) is 0 Å². The second-order valence-electron chi connectivity index (χ2n) is 2.21. The number of rotatable bonds is 1. The van der Waals surface area contributed by atoms with Crippen molar-refractivity contribution in [2.24, 2.45) is 11.5 Å². The molecule has 0 aromatic carbocycles. The number of hydrogen-bond acceptors (Lipinski definition) is 2. The molecule has 0 aromatic heterocycles. The lowest BCUT2D eigenvalue weighted by Crippen LogP contribution is -2.52. The zero-order valence-corrected chi connectivity index (χ0v) is 5.06. The van der Waals surface area contributed by atoms with Gasteiger partial charge in [0.25, 0.3) is 0 Å². The van der Waals surface area contributed by atoms with E-state index in [4.69, 9.17) is 11.5 Å². The van der Waals surface area contributed by atoms with E-state index in [0.29, 0.717) is 0 Å². The third-order valence-electron chi connectivity index (χ3n) is 0.445. The Morgan fingerprint density at radius 3 is 2.00 bits per heavy atom. The van der Waals surface area contributed by atoms with Gasteiger partial charge in [-0.15, -0.1) is 0 Å². The maximum Gasteiger partial charge on any atom is 0.313 e. The fraction of sp³-hybridized carbons (Fsp3) is 0.750. The van der Waals surface area contributed by atoms with Crippen molar-refractivity contribution in [2.45, 2.75) is 19.5 Å². The standard InChI is InChI=1S/C4H11N3O/c1-4(2,6)7-3(5)8/h6H2,1-2H3,(H3,5,7,8). The predicted molar refractivity (Wildman–Crippen MR) is 31.0 cm³/mol. The van der Waals surface area contributed by atoms with Crippen molar-refractivity contribution < 1.29 is 4.79 Å². The van der Waals surface area contributed by atoms with Gasteiger partial charge in [0, 0.05) is 0 Å². The molecule has 2 amide bonds. The van der Waals surface area contributed by atoms with E-state index >= 15 is 0 Å². The molecule has 0 atom stereocenters. The van der Waals surface area contributed by atoms with Crippen LogP contribution in [0.15, 0.2) is 0 Å². The second kappa shape index (κ2) is 2.00. The van der Waals surface area contributed by atoms with Gasteiger partial charge in [-0.25, -0.2) is 4.79 Å². The highest BCUT2D eigenvalue weighted by molar-refractivity contribution is 5.72. The molecule has 0 saturated carbocycles. The van der Waals surface area contributed by atoms with Crippen LogP contribution < -0.4 is 16.8 Å². The number of nitrogens with one attached hydrogen (secondary N) is 1. The van der Waals surface area contributed by atoms with Crippen LogP contribution in [0.5, 0.6) is 0 Å². The van der Waals surface area contributed by atoms with Crippen LogP contribution in [0.25, 0.3) is 0 Å². The first kappa shape index (κ1) is 7.23. The van der Waals surface area contributed by atoms with Crippen molar-refractivity contribution in [2.75, 3.05) is 0 Å². The monoisotopic (exact) mass is 117 g/mol. The van der Waals surface area contributed by atoms with E-state index in [0.717, 1.165) is 0 Å². The van der Waals surface area contributed by atoms with Gasteiger partial charge in [-0.3, -0.25) is 0 Å². The molecule has 0 saturated heterocycles. The number of carbonyl (C=O) groups is 1. The summed E-state index contributed by atoms with van der Waals surface area (Å²) in [5, 5.41) is 2.30. The molecule has 48 valence electrons. The molecule has 4 heteroatoms. The quantitative estimate of drug-likeness (QED) is 0.399. The summed E-state index contributed by atoms with van der Waals surface area (Å²) in [5.74, 6) is 0. The summed E-state index contributed by atoms with van der Waals surface area (Å²) < 4.78 is 0. The van der Waals surface area contributed by atoms with Gasteiger partial charge in [-0.1, -0.05) is 0 Å². The molecule has 8 heavy (non-hydrogen) atoms. The molecule has 4 nitrogen and oxygen atoms in total. The summed E-state index contributed by atoms with van der Waals surface area (Å²) in [6.45, 7) is 3.30. The Morgan fingerprint density at radius 2 is 2.00 bits per heavy atom. The molecule has 0 rings (SSSR count). The van der Waals surface area contributed by atoms with E-state index in [1.807, 2.05) is 0 Å². The number of urea groups is 1. The first-order valence-corrected chi connectivity index (χ1v) is 2.28. The summed E-state index contributed by atoms with van der Waals surface area (Å²) in [4.78, 5) is 10.0. The van der Waals surface area contributed by atoms with Crippen LogP contribution >= 0.6 is 0 Å². The molecule has 0 unspecified atom stereocenters. The van der Waals surface area contributed by atoms with Crippen LogP contribution in [0.3, 0.4) is 0 Å². The van der Waals surface area contributed by atoms with Gasteiger partial charge in [-0.2, -0.15) is 0 Å². The number of amides is 2. The fourth-order valence-electron chi connectivity index (χ4n) is 0.318. The van der Waals surface area contributed by atoms with E-state index < -0.39 is 11.7 Å². The average molecular weight is 117 g/mol. The van der Waals surface area contributed by atoms with Gasteiger partial charge in [0.05, 0.1) is 5.66 Å². The maximum atomic E-state index is 10.0. The van der Waals surface area contributed by atoms with Gasteiger partial charge >= 0.3 is 6.03 Å². The normalized spacial score (nSPS) is 10.9. The summed E-state index contributed by atoms with van der Waals surface area (Å²) >= 11 is 0. The van der Waals surface area contributed by atoms with Crippen molar-refractivity contribution in [3.05, 3.63) is 0 Å². The van der Waals surface area contributed by atoms with Crippen LogP contribution in [-0.4, -0.2) is 11.7 Å². The summed E-state index contributed by atoms with van der Waals surface area (Å²) in [5.41, 5.74) is 9.37. The zero-order valence-electron chi connectivity index (χ0n) is 5.06. The van der Waals surface area contributed by atoms with Crippen molar-refractivity contribution in [1.29, 1.82) is 0 Å². The average Bonchev–Trinajstić information content (AvgIpc) is 1.21. The molecule has 0 aromatic rings. The Morgan fingerprint density at radius 1 is 1.62 bits per heavy atom. The molecule has 0 aliphatic heterocycles. The minimum atomic E-state index is -0.703. The smallest absolute Gasteiger partial charge is 0.313 e. The van der Waals surface area contributed by atoms with Crippen LogP contribution in [0.2, 0.25) is 0 Å². The van der Waals surface area contributed by atoms with E-state index in [2.05, 4.69) is 5.32 Å². The van der Waals surface area contributed by atoms with Gasteiger partial charge < -0.3 is 16.8 Å². The molecule has 0 radical (unpaired) electrons. The molecule has 0 heterocycles. The van der Waals surface area contributed by atoms with Crippen LogP contribution in [0.1, 0.15) is 13.8 Å². The van der Waals surface area contributed by atoms with Crippen molar-refractivity contribution in [3.63, 3.8) is 0 Å². The van der Waals surface area contributed by atoms with Gasteiger partial charge in [-0.05, 0) is 13.8 Å². The molecule has 0 fully saturated rings. The molecule has 0 aliphatic carbocycles. The molecular weight excluding hydrogens is 106 g/mol. The summed E-state index contributed by atoms with van der Waals surface area (Å²) in [6.07, 6.45) is 0. The van der Waals surface area contributed by atoms with Gasteiger partial charge in [0.1, 0.15) is 0 Å². The second-order valence-corrected chi connectivity index (χ2v) is 2.21. The van der Waals surface area contributed by atoms with Crippen molar-refractivity contribution in [1.82, 2.24) is 5.32 Å². The third-order valence-corrected chi connectivity index (χ3v) is 0.445.